The molecule has 23 heavy (non-hydrogen) atoms. The number of ether oxygens (including phenoxy) is 1. The lowest BCUT2D eigenvalue weighted by molar-refractivity contribution is -0.134. The molecule has 5 heteroatoms. The number of aryl methyl sites for hydroxylation is 1. The molecule has 5 nitrogen and oxygen atoms in total. The van der Waals surface area contributed by atoms with Crippen molar-refractivity contribution in [3.63, 3.8) is 0 Å². The van der Waals surface area contributed by atoms with Crippen molar-refractivity contribution in [2.75, 3.05) is 12.0 Å². The lowest BCUT2D eigenvalue weighted by Crippen LogP contribution is -2.27. The molecule has 0 spiro atoms. The third-order valence-corrected chi connectivity index (χ3v) is 3.12. The summed E-state index contributed by atoms with van der Waals surface area (Å²) in [7, 11) is 0. The summed E-state index contributed by atoms with van der Waals surface area (Å²) in [5.41, 5.74) is 5.23. The molecule has 2 aromatic rings. The standard InChI is InChI=1S/C18H19N3O2/c1-3-23-18(22)17(16(19)14-7-5-4-6-8-14)21-20-15-11-9-13(2)10-12-15/h4-12,19-20H,3H2,1-2H3/b19-16?,21-17+. The van der Waals surface area contributed by atoms with Crippen molar-refractivity contribution in [2.45, 2.75) is 13.8 Å². The van der Waals surface area contributed by atoms with Crippen LogP contribution in [0.4, 0.5) is 5.69 Å². The zero-order valence-corrected chi connectivity index (χ0v) is 13.2. The van der Waals surface area contributed by atoms with Crippen LogP contribution in [-0.4, -0.2) is 24.0 Å². The van der Waals surface area contributed by atoms with E-state index >= 15 is 0 Å². The highest BCUT2D eigenvalue weighted by molar-refractivity contribution is 6.68. The van der Waals surface area contributed by atoms with Crippen LogP contribution < -0.4 is 5.43 Å². The van der Waals surface area contributed by atoms with E-state index in [-0.39, 0.29) is 18.0 Å². The minimum atomic E-state index is -0.624. The molecule has 0 amide bonds. The van der Waals surface area contributed by atoms with Crippen molar-refractivity contribution < 1.29 is 9.53 Å². The summed E-state index contributed by atoms with van der Waals surface area (Å²) in [6, 6.07) is 16.5. The minimum absolute atomic E-state index is 0.0173. The van der Waals surface area contributed by atoms with Gasteiger partial charge in [0.2, 0.25) is 0 Å². The molecule has 0 aliphatic carbocycles. The van der Waals surface area contributed by atoms with Gasteiger partial charge in [-0.1, -0.05) is 48.0 Å². The smallest absolute Gasteiger partial charge is 0.361 e. The van der Waals surface area contributed by atoms with Crippen molar-refractivity contribution in [3.8, 4) is 0 Å². The van der Waals surface area contributed by atoms with E-state index in [4.69, 9.17) is 10.1 Å². The molecule has 0 radical (unpaired) electrons. The van der Waals surface area contributed by atoms with Gasteiger partial charge in [-0.25, -0.2) is 4.79 Å². The number of esters is 1. The lowest BCUT2D eigenvalue weighted by Gasteiger charge is -2.09. The number of hydrogen-bond acceptors (Lipinski definition) is 5. The second-order valence-electron chi connectivity index (χ2n) is 4.90. The number of nitrogens with one attached hydrogen (secondary N) is 2. The highest BCUT2D eigenvalue weighted by Gasteiger charge is 2.20. The summed E-state index contributed by atoms with van der Waals surface area (Å²) >= 11 is 0. The monoisotopic (exact) mass is 309 g/mol. The highest BCUT2D eigenvalue weighted by atomic mass is 16.5. The molecule has 0 aromatic heterocycles. The van der Waals surface area contributed by atoms with E-state index in [1.54, 1.807) is 31.2 Å². The minimum Gasteiger partial charge on any atom is -0.461 e. The van der Waals surface area contributed by atoms with Gasteiger partial charge >= 0.3 is 5.97 Å². The van der Waals surface area contributed by atoms with Gasteiger partial charge in [-0.05, 0) is 26.0 Å². The molecule has 0 saturated heterocycles. The van der Waals surface area contributed by atoms with Gasteiger partial charge in [0.25, 0.3) is 0 Å². The van der Waals surface area contributed by atoms with Crippen LogP contribution in [0.1, 0.15) is 18.1 Å². The van der Waals surface area contributed by atoms with Crippen LogP contribution >= 0.6 is 0 Å². The third kappa shape index (κ3) is 4.51. The summed E-state index contributed by atoms with van der Waals surface area (Å²) < 4.78 is 5.00. The molecule has 0 fully saturated rings. The Hall–Kier alpha value is -2.95. The molecule has 2 N–H and O–H groups in total. The van der Waals surface area contributed by atoms with Gasteiger partial charge in [0.1, 0.15) is 0 Å². The maximum Gasteiger partial charge on any atom is 0.361 e. The Kier molecular flexibility index (Phi) is 5.63. The first kappa shape index (κ1) is 16.4. The van der Waals surface area contributed by atoms with E-state index in [1.807, 2.05) is 37.3 Å². The summed E-state index contributed by atoms with van der Waals surface area (Å²) in [6.07, 6.45) is 0. The van der Waals surface area contributed by atoms with E-state index in [0.29, 0.717) is 5.56 Å². The van der Waals surface area contributed by atoms with Crippen LogP contribution in [0.5, 0.6) is 0 Å². The largest absolute Gasteiger partial charge is 0.461 e. The lowest BCUT2D eigenvalue weighted by atomic mass is 10.1. The maximum absolute atomic E-state index is 12.1. The Morgan fingerprint density at radius 3 is 2.39 bits per heavy atom. The molecular weight excluding hydrogens is 290 g/mol. The zero-order chi connectivity index (χ0) is 16.7. The fourth-order valence-corrected chi connectivity index (χ4v) is 1.89. The van der Waals surface area contributed by atoms with Crippen LogP contribution in [0.2, 0.25) is 0 Å². The molecule has 0 atom stereocenters. The van der Waals surface area contributed by atoms with Gasteiger partial charge in [0, 0.05) is 5.56 Å². The van der Waals surface area contributed by atoms with Crippen molar-refractivity contribution in [1.82, 2.24) is 0 Å². The molecule has 0 aliphatic rings. The molecule has 0 aliphatic heterocycles. The number of nitrogens with zero attached hydrogens (tertiary/aromatic N) is 1. The molecule has 0 saturated carbocycles. The quantitative estimate of drug-likeness (QED) is 0.488. The van der Waals surface area contributed by atoms with Gasteiger partial charge in [-0.2, -0.15) is 5.10 Å². The number of rotatable bonds is 6. The van der Waals surface area contributed by atoms with Crippen molar-refractivity contribution in [2.24, 2.45) is 5.10 Å². The molecular formula is C18H19N3O2. The topological polar surface area (TPSA) is 74.5 Å². The summed E-state index contributed by atoms with van der Waals surface area (Å²) in [5.74, 6) is -0.624. The predicted molar refractivity (Wildman–Crippen MR) is 92.1 cm³/mol. The van der Waals surface area contributed by atoms with Gasteiger partial charge < -0.3 is 4.74 Å². The molecule has 118 valence electrons. The van der Waals surface area contributed by atoms with Gasteiger partial charge in [-0.15, -0.1) is 0 Å². The second-order valence-corrected chi connectivity index (χ2v) is 4.90. The van der Waals surface area contributed by atoms with E-state index < -0.39 is 5.97 Å². The van der Waals surface area contributed by atoms with Crippen LogP contribution in [-0.2, 0) is 9.53 Å². The fourth-order valence-electron chi connectivity index (χ4n) is 1.89. The number of benzene rings is 2. The molecule has 0 bridgehead atoms. The van der Waals surface area contributed by atoms with E-state index in [2.05, 4.69) is 10.5 Å². The molecule has 2 rings (SSSR count). The Balaban J connectivity index is 2.26. The zero-order valence-electron chi connectivity index (χ0n) is 13.2. The number of carbonyl (C=O) groups is 1. The SMILES string of the molecule is CCOC(=O)/C(=N/Nc1ccc(C)cc1)C(=N)c1ccccc1. The Morgan fingerprint density at radius 2 is 1.78 bits per heavy atom. The van der Waals surface area contributed by atoms with Crippen LogP contribution in [0.25, 0.3) is 0 Å². The van der Waals surface area contributed by atoms with Crippen LogP contribution in [0.15, 0.2) is 59.7 Å². The Morgan fingerprint density at radius 1 is 1.13 bits per heavy atom. The van der Waals surface area contributed by atoms with E-state index in [0.717, 1.165) is 11.3 Å². The third-order valence-electron chi connectivity index (χ3n) is 3.12. The normalized spacial score (nSPS) is 11.0. The van der Waals surface area contributed by atoms with Crippen molar-refractivity contribution in [1.29, 1.82) is 5.41 Å². The first-order valence-electron chi connectivity index (χ1n) is 7.33. The summed E-state index contributed by atoms with van der Waals surface area (Å²) in [4.78, 5) is 12.1. The number of hydrazone groups is 1. The number of anilines is 1. The summed E-state index contributed by atoms with van der Waals surface area (Å²) in [5, 5.41) is 12.3. The van der Waals surface area contributed by atoms with Crippen LogP contribution in [0, 0.1) is 12.3 Å². The van der Waals surface area contributed by atoms with E-state index in [1.165, 1.54) is 0 Å². The summed E-state index contributed by atoms with van der Waals surface area (Å²) in [6.45, 7) is 3.93. The Labute approximate surface area is 135 Å². The molecule has 0 heterocycles. The van der Waals surface area contributed by atoms with Crippen molar-refractivity contribution >= 4 is 23.1 Å². The molecule has 2 aromatic carbocycles. The van der Waals surface area contributed by atoms with Gasteiger partial charge in [-0.3, -0.25) is 10.8 Å². The predicted octanol–water partition coefficient (Wildman–Crippen LogP) is 3.39. The first-order valence-corrected chi connectivity index (χ1v) is 7.33. The van der Waals surface area contributed by atoms with Gasteiger partial charge in [0.05, 0.1) is 18.0 Å². The average Bonchev–Trinajstić information content (AvgIpc) is 2.57. The Bertz CT molecular complexity index is 707. The highest BCUT2D eigenvalue weighted by Crippen LogP contribution is 2.09. The molecule has 0 unspecified atom stereocenters. The van der Waals surface area contributed by atoms with Crippen LogP contribution in [0.3, 0.4) is 0 Å². The first-order chi connectivity index (χ1) is 11.1. The van der Waals surface area contributed by atoms with Gasteiger partial charge in [0.15, 0.2) is 5.71 Å². The van der Waals surface area contributed by atoms with Crippen molar-refractivity contribution in [3.05, 3.63) is 65.7 Å². The second kappa shape index (κ2) is 7.89. The maximum atomic E-state index is 12.1. The van der Waals surface area contributed by atoms with E-state index in [9.17, 15) is 4.79 Å². The average molecular weight is 309 g/mol. The number of carbonyl (C=O) groups excluding carboxylic acids is 1. The number of hydrogen-bond donors (Lipinski definition) is 2. The fraction of sp³-hybridized carbons (Fsp3) is 0.167.